The van der Waals surface area contributed by atoms with Crippen molar-refractivity contribution in [2.75, 3.05) is 12.4 Å². The minimum atomic E-state index is -3.89. The van der Waals surface area contributed by atoms with Crippen LogP contribution in [0.1, 0.15) is 38.2 Å². The van der Waals surface area contributed by atoms with Crippen molar-refractivity contribution in [3.63, 3.8) is 0 Å². The van der Waals surface area contributed by atoms with Crippen LogP contribution in [0.25, 0.3) is 0 Å². The summed E-state index contributed by atoms with van der Waals surface area (Å²) in [5.74, 6) is -0.202. The van der Waals surface area contributed by atoms with Crippen molar-refractivity contribution in [1.82, 2.24) is 0 Å². The predicted molar refractivity (Wildman–Crippen MR) is 103 cm³/mol. The van der Waals surface area contributed by atoms with Crippen LogP contribution in [-0.2, 0) is 19.1 Å². The van der Waals surface area contributed by atoms with Gasteiger partial charge in [0.05, 0.1) is 12.8 Å². The van der Waals surface area contributed by atoms with E-state index < -0.39 is 10.1 Å². The maximum absolute atomic E-state index is 12.6. The number of carbonyl (C=O) groups is 1. The maximum Gasteiger partial charge on any atom is 0.298 e. The van der Waals surface area contributed by atoms with E-state index in [1.807, 2.05) is 25.1 Å². The van der Waals surface area contributed by atoms with Crippen LogP contribution in [0.15, 0.2) is 59.5 Å². The normalized spacial score (nSPS) is 13.8. The SMILES string of the molecule is CCC(CC(C)C(=O)Nc1ccccc1S(=O)(=O)OC)c1ccccc1. The zero-order valence-corrected chi connectivity index (χ0v) is 16.1. The Bertz CT molecular complexity index is 834. The van der Waals surface area contributed by atoms with Gasteiger partial charge in [0.1, 0.15) is 4.90 Å². The fourth-order valence-electron chi connectivity index (χ4n) is 2.93. The Labute approximate surface area is 155 Å². The minimum Gasteiger partial charge on any atom is -0.325 e. The van der Waals surface area contributed by atoms with Gasteiger partial charge in [-0.1, -0.05) is 56.3 Å². The molecule has 1 N–H and O–H groups in total. The van der Waals surface area contributed by atoms with Gasteiger partial charge in [-0.2, -0.15) is 8.42 Å². The molecular weight excluding hydrogens is 350 g/mol. The molecule has 140 valence electrons. The van der Waals surface area contributed by atoms with Gasteiger partial charge in [-0.15, -0.1) is 0 Å². The van der Waals surface area contributed by atoms with E-state index >= 15 is 0 Å². The first kappa shape index (κ1) is 20.1. The van der Waals surface area contributed by atoms with E-state index in [0.717, 1.165) is 13.5 Å². The minimum absolute atomic E-state index is 0.0434. The second kappa shape index (κ2) is 8.96. The van der Waals surface area contributed by atoms with E-state index in [1.165, 1.54) is 11.6 Å². The van der Waals surface area contributed by atoms with Crippen molar-refractivity contribution < 1.29 is 17.4 Å². The van der Waals surface area contributed by atoms with Gasteiger partial charge in [-0.25, -0.2) is 0 Å². The highest BCUT2D eigenvalue weighted by molar-refractivity contribution is 7.87. The van der Waals surface area contributed by atoms with Gasteiger partial charge in [0, 0.05) is 5.92 Å². The quantitative estimate of drug-likeness (QED) is 0.703. The average molecular weight is 375 g/mol. The van der Waals surface area contributed by atoms with Crippen molar-refractivity contribution in [3.8, 4) is 0 Å². The van der Waals surface area contributed by atoms with Crippen molar-refractivity contribution in [3.05, 3.63) is 60.2 Å². The van der Waals surface area contributed by atoms with Crippen LogP contribution in [0.3, 0.4) is 0 Å². The summed E-state index contributed by atoms with van der Waals surface area (Å²) in [5, 5.41) is 2.73. The average Bonchev–Trinajstić information content (AvgIpc) is 2.66. The van der Waals surface area contributed by atoms with Crippen molar-refractivity contribution >= 4 is 21.7 Å². The first-order valence-corrected chi connectivity index (χ1v) is 10.0. The number of carbonyl (C=O) groups excluding carboxylic acids is 1. The van der Waals surface area contributed by atoms with Crippen LogP contribution in [0.5, 0.6) is 0 Å². The molecule has 0 fully saturated rings. The molecule has 5 nitrogen and oxygen atoms in total. The number of para-hydroxylation sites is 1. The highest BCUT2D eigenvalue weighted by atomic mass is 32.2. The highest BCUT2D eigenvalue weighted by Gasteiger charge is 2.23. The second-order valence-electron chi connectivity index (χ2n) is 6.26. The van der Waals surface area contributed by atoms with Gasteiger partial charge >= 0.3 is 0 Å². The second-order valence-corrected chi connectivity index (χ2v) is 7.94. The molecule has 0 aromatic heterocycles. The zero-order chi connectivity index (χ0) is 19.2. The third-order valence-electron chi connectivity index (χ3n) is 4.48. The first-order chi connectivity index (χ1) is 12.4. The van der Waals surface area contributed by atoms with Crippen molar-refractivity contribution in [1.29, 1.82) is 0 Å². The summed E-state index contributed by atoms with van der Waals surface area (Å²) >= 11 is 0. The lowest BCUT2D eigenvalue weighted by Gasteiger charge is -2.20. The number of nitrogens with one attached hydrogen (secondary N) is 1. The topological polar surface area (TPSA) is 72.5 Å². The molecule has 0 radical (unpaired) electrons. The molecule has 2 rings (SSSR count). The molecule has 0 aliphatic carbocycles. The van der Waals surface area contributed by atoms with Crippen LogP contribution in [0.4, 0.5) is 5.69 Å². The fraction of sp³-hybridized carbons (Fsp3) is 0.350. The summed E-state index contributed by atoms with van der Waals surface area (Å²) in [4.78, 5) is 12.6. The van der Waals surface area contributed by atoms with E-state index in [9.17, 15) is 13.2 Å². The predicted octanol–water partition coefficient (Wildman–Crippen LogP) is 4.18. The van der Waals surface area contributed by atoms with Crippen LogP contribution in [-0.4, -0.2) is 21.4 Å². The standard InChI is InChI=1S/C20H25NO4S/c1-4-16(17-10-6-5-7-11-17)14-15(2)20(22)21-18-12-8-9-13-19(18)26(23,24)25-3/h5-13,15-16H,4,14H2,1-3H3,(H,21,22). The molecule has 0 spiro atoms. The Kier molecular flexibility index (Phi) is 6.94. The van der Waals surface area contributed by atoms with Gasteiger partial charge in [0.25, 0.3) is 10.1 Å². The summed E-state index contributed by atoms with van der Waals surface area (Å²) in [6.07, 6.45) is 1.61. The van der Waals surface area contributed by atoms with E-state index in [-0.39, 0.29) is 28.3 Å². The summed E-state index contributed by atoms with van der Waals surface area (Å²) in [7, 11) is -2.79. The summed E-state index contributed by atoms with van der Waals surface area (Å²) in [6, 6.07) is 16.3. The van der Waals surface area contributed by atoms with E-state index in [2.05, 4.69) is 28.6 Å². The van der Waals surface area contributed by atoms with Crippen molar-refractivity contribution in [2.24, 2.45) is 5.92 Å². The Balaban J connectivity index is 2.13. The molecule has 2 aromatic carbocycles. The molecular formula is C20H25NO4S. The molecule has 0 aliphatic rings. The van der Waals surface area contributed by atoms with E-state index in [1.54, 1.807) is 18.2 Å². The van der Waals surface area contributed by atoms with Gasteiger partial charge in [0.2, 0.25) is 5.91 Å². The molecule has 2 atom stereocenters. The molecule has 2 unspecified atom stereocenters. The monoisotopic (exact) mass is 375 g/mol. The molecule has 1 amide bonds. The number of hydrogen-bond donors (Lipinski definition) is 1. The largest absolute Gasteiger partial charge is 0.325 e. The van der Waals surface area contributed by atoms with E-state index in [0.29, 0.717) is 6.42 Å². The number of rotatable bonds is 8. The van der Waals surface area contributed by atoms with Crippen molar-refractivity contribution in [2.45, 2.75) is 37.5 Å². The zero-order valence-electron chi connectivity index (χ0n) is 15.3. The van der Waals surface area contributed by atoms with Crippen LogP contribution in [0, 0.1) is 5.92 Å². The lowest BCUT2D eigenvalue weighted by molar-refractivity contribution is -0.119. The summed E-state index contributed by atoms with van der Waals surface area (Å²) < 4.78 is 28.6. The van der Waals surface area contributed by atoms with Crippen LogP contribution < -0.4 is 5.32 Å². The molecule has 0 heterocycles. The third-order valence-corrected chi connectivity index (χ3v) is 5.82. The Morgan fingerprint density at radius 3 is 2.31 bits per heavy atom. The Morgan fingerprint density at radius 1 is 1.08 bits per heavy atom. The maximum atomic E-state index is 12.6. The molecule has 2 aromatic rings. The molecule has 0 saturated heterocycles. The van der Waals surface area contributed by atoms with E-state index in [4.69, 9.17) is 0 Å². The first-order valence-electron chi connectivity index (χ1n) is 8.64. The molecule has 6 heteroatoms. The lowest BCUT2D eigenvalue weighted by Crippen LogP contribution is -2.23. The smallest absolute Gasteiger partial charge is 0.298 e. The van der Waals surface area contributed by atoms with Gasteiger partial charge in [-0.3, -0.25) is 8.98 Å². The number of anilines is 1. The summed E-state index contributed by atoms with van der Waals surface area (Å²) in [5.41, 5.74) is 1.44. The van der Waals surface area contributed by atoms with Gasteiger partial charge < -0.3 is 5.32 Å². The lowest BCUT2D eigenvalue weighted by atomic mass is 9.87. The molecule has 0 aliphatic heterocycles. The Hall–Kier alpha value is -2.18. The van der Waals surface area contributed by atoms with Crippen LogP contribution in [0.2, 0.25) is 0 Å². The number of amides is 1. The number of benzene rings is 2. The third kappa shape index (κ3) is 4.93. The molecule has 0 saturated carbocycles. The highest BCUT2D eigenvalue weighted by Crippen LogP contribution is 2.28. The number of hydrogen-bond acceptors (Lipinski definition) is 4. The van der Waals surface area contributed by atoms with Gasteiger partial charge in [-0.05, 0) is 36.5 Å². The van der Waals surface area contributed by atoms with Gasteiger partial charge in [0.15, 0.2) is 0 Å². The summed E-state index contributed by atoms with van der Waals surface area (Å²) in [6.45, 7) is 3.96. The van der Waals surface area contributed by atoms with Crippen LogP contribution >= 0.6 is 0 Å². The fourth-order valence-corrected chi connectivity index (χ4v) is 3.74. The molecule has 26 heavy (non-hydrogen) atoms. The Morgan fingerprint density at radius 2 is 1.69 bits per heavy atom. The molecule has 0 bridgehead atoms.